The molecule has 0 fully saturated rings. The molecule has 0 amide bonds. The highest BCUT2D eigenvalue weighted by Crippen LogP contribution is 2.43. The molecule has 0 radical (unpaired) electrons. The van der Waals surface area contributed by atoms with Gasteiger partial charge >= 0.3 is 0 Å². The number of nitriles is 2. The van der Waals surface area contributed by atoms with E-state index >= 15 is 0 Å². The Hall–Kier alpha value is -9.26. The summed E-state index contributed by atoms with van der Waals surface area (Å²) in [6, 6.07) is 64.0. The van der Waals surface area contributed by atoms with Crippen molar-refractivity contribution in [1.82, 2.24) is 29.1 Å². The Labute approximate surface area is 466 Å². The van der Waals surface area contributed by atoms with Crippen LogP contribution in [0.25, 0.3) is 66.5 Å². The van der Waals surface area contributed by atoms with Crippen LogP contribution in [0.4, 0.5) is 0 Å². The van der Waals surface area contributed by atoms with Gasteiger partial charge in [-0.25, -0.2) is 9.97 Å². The lowest BCUT2D eigenvalue weighted by Crippen LogP contribution is -2.30. The molecule has 0 saturated heterocycles. The molecule has 12 rings (SSSR count). The molecule has 374 valence electrons. The summed E-state index contributed by atoms with van der Waals surface area (Å²) in [5.41, 5.74) is 8.22. The van der Waals surface area contributed by atoms with E-state index in [1.165, 1.54) is 0 Å². The maximum Gasteiger partial charge on any atom is 0.115 e. The van der Waals surface area contributed by atoms with Gasteiger partial charge in [0.2, 0.25) is 0 Å². The summed E-state index contributed by atoms with van der Waals surface area (Å²) < 4.78 is 4.28. The van der Waals surface area contributed by atoms with Crippen LogP contribution in [-0.2, 0) is 0 Å². The minimum Gasteiger partial charge on any atom is -0.508 e. The summed E-state index contributed by atoms with van der Waals surface area (Å²) in [5.74, 6) is 0.0477. The van der Waals surface area contributed by atoms with Gasteiger partial charge in [-0.05, 0) is 106 Å². The Balaban J connectivity index is 1.44. The van der Waals surface area contributed by atoms with E-state index in [1.54, 1.807) is 60.9 Å². The van der Waals surface area contributed by atoms with Gasteiger partial charge in [0.25, 0.3) is 0 Å². The third-order valence-corrected chi connectivity index (χ3v) is 15.2. The van der Waals surface area contributed by atoms with Gasteiger partial charge in [0, 0.05) is 10.8 Å². The van der Waals surface area contributed by atoms with E-state index in [2.05, 4.69) is 21.3 Å². The van der Waals surface area contributed by atoms with E-state index in [0.717, 1.165) is 22.3 Å². The molecule has 0 saturated carbocycles. The number of benzene rings is 8. The summed E-state index contributed by atoms with van der Waals surface area (Å²) in [5, 5.41) is 49.4. The fourth-order valence-electron chi connectivity index (χ4n) is 10.5. The molecule has 0 bridgehead atoms. The van der Waals surface area contributed by atoms with E-state index in [1.807, 2.05) is 146 Å². The molecule has 0 aliphatic heterocycles. The van der Waals surface area contributed by atoms with Gasteiger partial charge in [-0.2, -0.15) is 10.5 Å². The highest BCUT2D eigenvalue weighted by atomic mass is 35.5. The molecule has 0 unspecified atom stereocenters. The summed E-state index contributed by atoms with van der Waals surface area (Å²) in [7, 11) is 0. The maximum absolute atomic E-state index is 12.2. The second-order valence-electron chi connectivity index (χ2n) is 18.4. The molecule has 0 aliphatic carbocycles. The Kier molecular flexibility index (Phi) is 13.2. The van der Waals surface area contributed by atoms with Crippen molar-refractivity contribution < 1.29 is 10.2 Å². The minimum atomic E-state index is -0.686. The molecule has 78 heavy (non-hydrogen) atoms. The number of fused-ring (bicyclic) bond motifs is 3. The molecule has 0 spiro atoms. The van der Waals surface area contributed by atoms with Gasteiger partial charge in [-0.3, -0.25) is 9.97 Å². The number of phenolic OH excluding ortho intramolecular Hbond substituents is 2. The second kappa shape index (κ2) is 20.7. The average molecular weight is 1090 g/mol. The Bertz CT molecular complexity index is 4150. The number of hydrogen-bond acceptors (Lipinski definition) is 8. The fourth-order valence-corrected chi connectivity index (χ4v) is 11.1. The predicted molar refractivity (Wildman–Crippen MR) is 309 cm³/mol. The highest BCUT2D eigenvalue weighted by molar-refractivity contribution is 6.43. The van der Waals surface area contributed by atoms with E-state index in [-0.39, 0.29) is 44.1 Å². The van der Waals surface area contributed by atoms with Gasteiger partial charge in [-0.1, -0.05) is 168 Å². The number of rotatable bonds is 10. The predicted octanol–water partition coefficient (Wildman–Crippen LogP) is 14.4. The first-order chi connectivity index (χ1) is 38.1. The van der Waals surface area contributed by atoms with Crippen LogP contribution in [0.1, 0.15) is 45.7 Å². The van der Waals surface area contributed by atoms with Crippen LogP contribution in [-0.4, -0.2) is 39.3 Å². The van der Waals surface area contributed by atoms with Crippen LogP contribution < -0.4 is 10.7 Å². The molecule has 4 heterocycles. The second-order valence-corrected chi connectivity index (χ2v) is 20.0. The Morgan fingerprint density at radius 2 is 0.705 bits per heavy atom. The molecule has 0 atom stereocenters. The number of aromatic hydroxyl groups is 2. The lowest BCUT2D eigenvalue weighted by atomic mass is 9.96. The van der Waals surface area contributed by atoms with Gasteiger partial charge in [0.05, 0.1) is 88.7 Å². The smallest absolute Gasteiger partial charge is 0.115 e. The number of aromatic nitrogens is 6. The van der Waals surface area contributed by atoms with E-state index in [4.69, 9.17) is 66.3 Å². The van der Waals surface area contributed by atoms with Crippen LogP contribution in [0, 0.1) is 22.7 Å². The molecule has 2 N–H and O–H groups in total. The molecule has 12 aromatic rings. The summed E-state index contributed by atoms with van der Waals surface area (Å²) in [4.78, 5) is 19.9. The monoisotopic (exact) mass is 1090 g/mol. The SMILES string of the molecule is N#C/C(c1cnc2cc(Cl)c(Cl)cc2n1)=c1\c2c(-c3ccc(O)cc3)n(C(c3ccccc3)c3ccccc3)/c(=C(/C#N)c3cnc4cc(Cl)c(Cl)cc4n3)c2c(-c2ccc(O)cc2)n1C(c1ccccc1)c1ccccc1. The van der Waals surface area contributed by atoms with Crippen molar-refractivity contribution in [2.45, 2.75) is 12.1 Å². The number of hydrogen-bond donors (Lipinski definition) is 2. The summed E-state index contributed by atoms with van der Waals surface area (Å²) in [6.45, 7) is 0. The summed E-state index contributed by atoms with van der Waals surface area (Å²) >= 11 is 26.4. The van der Waals surface area contributed by atoms with Crippen molar-refractivity contribution in [2.75, 3.05) is 0 Å². The first kappa shape index (κ1) is 49.6. The van der Waals surface area contributed by atoms with Crippen LogP contribution in [0.2, 0.25) is 20.1 Å². The van der Waals surface area contributed by atoms with Crippen molar-refractivity contribution in [3.05, 3.63) is 271 Å². The molecular weight excluding hydrogens is 1050 g/mol. The molecule has 8 aromatic carbocycles. The standard InChI is InChI=1S/C64H38Cl4N8O2/c65-47-29-51-53(31-49(47)67)73-55(35-71-51)45(33-69)63-58-57(61(41-21-25-43(77)26-22-41)75(63)59(37-13-5-1-6-14-37)38-15-7-2-8-16-38)64(46(34-70)56-36-72-52-30-48(66)50(68)32-54(52)74-56)76(62(58)42-23-27-44(78)28-24-42)60(39-17-9-3-10-18-39)40-19-11-4-12-20-40/h1-32,35-36,59-60,77-78H/b63-45-,64-46-. The quantitative estimate of drug-likeness (QED) is 0.137. The van der Waals surface area contributed by atoms with Crippen molar-refractivity contribution in [3.8, 4) is 46.2 Å². The van der Waals surface area contributed by atoms with Crippen LogP contribution in [0.15, 0.2) is 207 Å². The Morgan fingerprint density at radius 3 is 1.00 bits per heavy atom. The van der Waals surface area contributed by atoms with Gasteiger partial charge < -0.3 is 19.3 Å². The van der Waals surface area contributed by atoms with Crippen LogP contribution in [0.3, 0.4) is 0 Å². The van der Waals surface area contributed by atoms with Crippen molar-refractivity contribution in [2.24, 2.45) is 0 Å². The fraction of sp³-hybridized carbons (Fsp3) is 0.0312. The zero-order valence-electron chi connectivity index (χ0n) is 40.8. The lowest BCUT2D eigenvalue weighted by molar-refractivity contribution is 0.475. The maximum atomic E-state index is 12.2. The van der Waals surface area contributed by atoms with Crippen LogP contribution in [0.5, 0.6) is 11.5 Å². The molecule has 14 heteroatoms. The number of halogens is 4. The van der Waals surface area contributed by atoms with Gasteiger partial charge in [0.15, 0.2) is 0 Å². The van der Waals surface area contributed by atoms with E-state index in [0.29, 0.717) is 76.1 Å². The lowest BCUT2D eigenvalue weighted by Gasteiger charge is -2.27. The third-order valence-electron chi connectivity index (χ3n) is 13.8. The summed E-state index contributed by atoms with van der Waals surface area (Å²) in [6.07, 6.45) is 3.11. The molecule has 0 aliphatic rings. The molecular formula is C64H38Cl4N8O2. The van der Waals surface area contributed by atoms with E-state index in [9.17, 15) is 20.7 Å². The third kappa shape index (κ3) is 8.83. The number of nitrogens with zero attached hydrogens (tertiary/aromatic N) is 8. The average Bonchev–Trinajstić information content (AvgIpc) is 3.86. The highest BCUT2D eigenvalue weighted by Gasteiger charge is 2.35. The zero-order valence-corrected chi connectivity index (χ0v) is 43.8. The van der Waals surface area contributed by atoms with Crippen molar-refractivity contribution in [1.29, 1.82) is 10.5 Å². The topological polar surface area (TPSA) is 149 Å². The largest absolute Gasteiger partial charge is 0.508 e. The normalized spacial score (nSPS) is 12.3. The minimum absolute atomic E-state index is 0.0238. The zero-order chi connectivity index (χ0) is 53.6. The van der Waals surface area contributed by atoms with E-state index < -0.39 is 12.1 Å². The van der Waals surface area contributed by atoms with Gasteiger partial charge in [-0.15, -0.1) is 0 Å². The molecule has 4 aromatic heterocycles. The Morgan fingerprint density at radius 1 is 0.410 bits per heavy atom. The number of phenols is 2. The first-order valence-corrected chi connectivity index (χ1v) is 26.0. The first-order valence-electron chi connectivity index (χ1n) is 24.5. The van der Waals surface area contributed by atoms with Crippen molar-refractivity contribution in [3.63, 3.8) is 0 Å². The van der Waals surface area contributed by atoms with Gasteiger partial charge in [0.1, 0.15) is 46.2 Å². The van der Waals surface area contributed by atoms with Crippen LogP contribution >= 0.6 is 46.4 Å². The molecule has 10 nitrogen and oxygen atoms in total. The van der Waals surface area contributed by atoms with Crippen molar-refractivity contribution >= 4 is 90.4 Å².